The van der Waals surface area contributed by atoms with Crippen molar-refractivity contribution in [3.8, 4) is 0 Å². The number of carbonyl (C=O) groups is 1. The van der Waals surface area contributed by atoms with Gasteiger partial charge in [0.05, 0.1) is 0 Å². The number of nitrogens with zero attached hydrogens (tertiary/aromatic N) is 1. The Morgan fingerprint density at radius 3 is 2.12 bits per heavy atom. The van der Waals surface area contributed by atoms with E-state index in [9.17, 15) is 4.79 Å². The summed E-state index contributed by atoms with van der Waals surface area (Å²) in [7, 11) is 0. The topological polar surface area (TPSA) is 32.3 Å². The number of rotatable bonds is 9. The Kier molecular flexibility index (Phi) is 7.50. The van der Waals surface area contributed by atoms with E-state index < -0.39 is 0 Å². The summed E-state index contributed by atoms with van der Waals surface area (Å²) in [6, 6.07) is 18.7. The maximum absolute atomic E-state index is 12.0. The molecule has 0 unspecified atom stereocenters. The zero-order chi connectivity index (χ0) is 17.2. The molecule has 1 amide bonds. The van der Waals surface area contributed by atoms with Crippen LogP contribution in [0.3, 0.4) is 0 Å². The van der Waals surface area contributed by atoms with Crippen LogP contribution in [-0.4, -0.2) is 23.9 Å². The fourth-order valence-electron chi connectivity index (χ4n) is 2.66. The van der Waals surface area contributed by atoms with Crippen molar-refractivity contribution >= 4 is 5.91 Å². The molecule has 3 nitrogen and oxygen atoms in total. The van der Waals surface area contributed by atoms with Gasteiger partial charge in [-0.2, -0.15) is 0 Å². The average molecular weight is 324 g/mol. The van der Waals surface area contributed by atoms with Crippen LogP contribution in [0.5, 0.6) is 0 Å². The molecule has 2 rings (SSSR count). The van der Waals surface area contributed by atoms with Gasteiger partial charge in [-0.25, -0.2) is 0 Å². The summed E-state index contributed by atoms with van der Waals surface area (Å²) in [4.78, 5) is 14.4. The molecule has 2 aromatic carbocycles. The summed E-state index contributed by atoms with van der Waals surface area (Å²) in [6.45, 7) is 8.08. The molecule has 3 heteroatoms. The number of amides is 1. The quantitative estimate of drug-likeness (QED) is 0.761. The lowest BCUT2D eigenvalue weighted by Gasteiger charge is -2.18. The minimum absolute atomic E-state index is 0.103. The van der Waals surface area contributed by atoms with Crippen LogP contribution in [0.4, 0.5) is 0 Å². The lowest BCUT2D eigenvalue weighted by Crippen LogP contribution is -2.23. The normalized spacial score (nSPS) is 10.8. The largest absolute Gasteiger partial charge is 0.352 e. The van der Waals surface area contributed by atoms with Gasteiger partial charge >= 0.3 is 0 Å². The van der Waals surface area contributed by atoms with Crippen LogP contribution in [0.15, 0.2) is 54.6 Å². The van der Waals surface area contributed by atoms with Crippen molar-refractivity contribution in [2.24, 2.45) is 0 Å². The van der Waals surface area contributed by atoms with Crippen molar-refractivity contribution in [2.75, 3.05) is 13.1 Å². The minimum Gasteiger partial charge on any atom is -0.352 e. The Hall–Kier alpha value is -2.13. The fraction of sp³-hybridized carbons (Fsp3) is 0.381. The number of carbonyl (C=O) groups excluding carboxylic acids is 1. The number of hydrogen-bond acceptors (Lipinski definition) is 2. The van der Waals surface area contributed by atoms with Crippen LogP contribution < -0.4 is 5.32 Å². The van der Waals surface area contributed by atoms with E-state index in [0.29, 0.717) is 13.0 Å². The molecule has 0 aliphatic rings. The van der Waals surface area contributed by atoms with E-state index in [1.807, 2.05) is 18.2 Å². The molecule has 0 heterocycles. The van der Waals surface area contributed by atoms with Gasteiger partial charge in [-0.3, -0.25) is 9.69 Å². The van der Waals surface area contributed by atoms with Crippen molar-refractivity contribution < 1.29 is 4.79 Å². The molecule has 0 aliphatic heterocycles. The number of nitrogens with one attached hydrogen (secondary N) is 1. The molecule has 2 aromatic rings. The second-order valence-corrected chi connectivity index (χ2v) is 6.04. The number of hydrogen-bond donors (Lipinski definition) is 1. The van der Waals surface area contributed by atoms with E-state index in [4.69, 9.17) is 0 Å². The lowest BCUT2D eigenvalue weighted by atomic mass is 10.1. The van der Waals surface area contributed by atoms with E-state index in [2.05, 4.69) is 60.5 Å². The van der Waals surface area contributed by atoms with E-state index in [-0.39, 0.29) is 5.91 Å². The summed E-state index contributed by atoms with van der Waals surface area (Å²) in [5, 5.41) is 3.00. The predicted octanol–water partition coefficient (Wildman–Crippen LogP) is 3.78. The highest BCUT2D eigenvalue weighted by molar-refractivity contribution is 5.76. The molecule has 0 fully saturated rings. The second-order valence-electron chi connectivity index (χ2n) is 6.04. The van der Waals surface area contributed by atoms with E-state index >= 15 is 0 Å². The molecule has 0 saturated heterocycles. The maximum Gasteiger partial charge on any atom is 0.220 e. The van der Waals surface area contributed by atoms with Gasteiger partial charge in [0, 0.05) is 19.5 Å². The van der Waals surface area contributed by atoms with Crippen LogP contribution >= 0.6 is 0 Å². The first-order chi connectivity index (χ1) is 11.7. The van der Waals surface area contributed by atoms with Crippen LogP contribution in [0.25, 0.3) is 0 Å². The molecule has 0 aliphatic carbocycles. The Balaban J connectivity index is 1.74. The first-order valence-electron chi connectivity index (χ1n) is 8.82. The fourth-order valence-corrected chi connectivity index (χ4v) is 2.66. The van der Waals surface area contributed by atoms with Gasteiger partial charge in [-0.1, -0.05) is 68.4 Å². The molecule has 0 radical (unpaired) electrons. The highest BCUT2D eigenvalue weighted by Crippen LogP contribution is 2.08. The van der Waals surface area contributed by atoms with Crippen LogP contribution in [0.2, 0.25) is 0 Å². The third kappa shape index (κ3) is 6.17. The summed E-state index contributed by atoms with van der Waals surface area (Å²) < 4.78 is 0. The third-order valence-corrected chi connectivity index (χ3v) is 4.30. The molecule has 0 atom stereocenters. The Morgan fingerprint density at radius 2 is 1.50 bits per heavy atom. The van der Waals surface area contributed by atoms with Crippen LogP contribution in [0.1, 0.15) is 37.0 Å². The first-order valence-corrected chi connectivity index (χ1v) is 8.82. The SMILES string of the molecule is CCN(CC)Cc1ccc(CNC(=O)CCc2ccccc2)cc1. The van der Waals surface area contributed by atoms with E-state index in [1.165, 1.54) is 11.1 Å². The summed E-state index contributed by atoms with van der Waals surface area (Å²) in [5.41, 5.74) is 3.66. The van der Waals surface area contributed by atoms with Crippen molar-refractivity contribution in [3.63, 3.8) is 0 Å². The van der Waals surface area contributed by atoms with Crippen molar-refractivity contribution in [1.82, 2.24) is 10.2 Å². The summed E-state index contributed by atoms with van der Waals surface area (Å²) >= 11 is 0. The van der Waals surface area contributed by atoms with Gasteiger partial charge in [0.1, 0.15) is 0 Å². The molecule has 0 aromatic heterocycles. The van der Waals surface area contributed by atoms with Crippen LogP contribution in [0, 0.1) is 0 Å². The molecule has 128 valence electrons. The monoisotopic (exact) mass is 324 g/mol. The van der Waals surface area contributed by atoms with Crippen molar-refractivity contribution in [3.05, 3.63) is 71.3 Å². The molecular weight excluding hydrogens is 296 g/mol. The van der Waals surface area contributed by atoms with Crippen LogP contribution in [-0.2, 0) is 24.3 Å². The molecule has 0 spiro atoms. The zero-order valence-electron chi connectivity index (χ0n) is 14.8. The van der Waals surface area contributed by atoms with Gasteiger partial charge in [0.2, 0.25) is 5.91 Å². The highest BCUT2D eigenvalue weighted by atomic mass is 16.1. The van der Waals surface area contributed by atoms with Gasteiger partial charge < -0.3 is 5.32 Å². The Morgan fingerprint density at radius 1 is 0.875 bits per heavy atom. The van der Waals surface area contributed by atoms with Gasteiger partial charge in [0.25, 0.3) is 0 Å². The Bertz CT molecular complexity index is 603. The molecular formula is C21H28N2O. The molecule has 1 N–H and O–H groups in total. The predicted molar refractivity (Wildman–Crippen MR) is 99.7 cm³/mol. The zero-order valence-corrected chi connectivity index (χ0v) is 14.8. The number of benzene rings is 2. The molecule has 0 saturated carbocycles. The summed E-state index contributed by atoms with van der Waals surface area (Å²) in [5.74, 6) is 0.103. The van der Waals surface area contributed by atoms with Crippen molar-refractivity contribution in [1.29, 1.82) is 0 Å². The summed E-state index contributed by atoms with van der Waals surface area (Å²) in [6.07, 6.45) is 1.32. The maximum atomic E-state index is 12.0. The Labute approximate surface area is 145 Å². The highest BCUT2D eigenvalue weighted by Gasteiger charge is 2.04. The van der Waals surface area contributed by atoms with Gasteiger partial charge in [-0.05, 0) is 36.2 Å². The smallest absolute Gasteiger partial charge is 0.220 e. The first kappa shape index (κ1) is 18.2. The average Bonchev–Trinajstić information content (AvgIpc) is 2.64. The van der Waals surface area contributed by atoms with Gasteiger partial charge in [-0.15, -0.1) is 0 Å². The van der Waals surface area contributed by atoms with E-state index in [0.717, 1.165) is 31.6 Å². The van der Waals surface area contributed by atoms with Gasteiger partial charge in [0.15, 0.2) is 0 Å². The minimum atomic E-state index is 0.103. The number of aryl methyl sites for hydroxylation is 1. The second kappa shape index (κ2) is 9.89. The third-order valence-electron chi connectivity index (χ3n) is 4.30. The van der Waals surface area contributed by atoms with Crippen molar-refractivity contribution in [2.45, 2.75) is 39.8 Å². The standard InChI is InChI=1S/C21H28N2O/c1-3-23(4-2)17-20-12-10-19(11-13-20)16-22-21(24)15-14-18-8-6-5-7-9-18/h5-13H,3-4,14-17H2,1-2H3,(H,22,24). The van der Waals surface area contributed by atoms with E-state index in [1.54, 1.807) is 0 Å². The molecule has 0 bridgehead atoms. The molecule has 24 heavy (non-hydrogen) atoms. The lowest BCUT2D eigenvalue weighted by molar-refractivity contribution is -0.121.